The molecule has 0 unspecified atom stereocenters. The van der Waals surface area contributed by atoms with Crippen molar-refractivity contribution in [1.82, 2.24) is 4.72 Å². The molecule has 0 radical (unpaired) electrons. The number of ether oxygens (including phenoxy) is 1. The topological polar surface area (TPSA) is 110 Å². The lowest BCUT2D eigenvalue weighted by Crippen LogP contribution is -2.29. The van der Waals surface area contributed by atoms with E-state index in [1.165, 1.54) is 30.3 Å². The number of nitrogens with zero attached hydrogens (tertiary/aromatic N) is 1. The van der Waals surface area contributed by atoms with Crippen molar-refractivity contribution in [2.75, 3.05) is 10.8 Å². The Morgan fingerprint density at radius 2 is 1.64 bits per heavy atom. The summed E-state index contributed by atoms with van der Waals surface area (Å²) in [6, 6.07) is 21.8. The summed E-state index contributed by atoms with van der Waals surface area (Å²) in [6.07, 6.45) is 1.41. The fraction of sp³-hybridized carbons (Fsp3) is 0.0870. The molecule has 0 saturated carbocycles. The minimum atomic E-state index is -4.04. The van der Waals surface area contributed by atoms with Crippen LogP contribution < -0.4 is 13.8 Å². The van der Waals surface area contributed by atoms with Crippen molar-refractivity contribution >= 4 is 37.7 Å². The molecule has 0 aromatic heterocycles. The first kappa shape index (κ1) is 22.6. The summed E-state index contributed by atoms with van der Waals surface area (Å²) in [5.41, 5.74) is 1.51. The number of benzene rings is 3. The minimum absolute atomic E-state index is 0.151. The first-order valence-corrected chi connectivity index (χ1v) is 12.9. The van der Waals surface area contributed by atoms with E-state index in [4.69, 9.17) is 4.74 Å². The average molecular weight is 485 g/mol. The van der Waals surface area contributed by atoms with Gasteiger partial charge in [0.05, 0.1) is 10.6 Å². The second-order valence-corrected chi connectivity index (χ2v) is 10.6. The van der Waals surface area contributed by atoms with Gasteiger partial charge in [0.15, 0.2) is 9.84 Å². The third-order valence-electron chi connectivity index (χ3n) is 4.82. The molecule has 10 heteroatoms. The van der Waals surface area contributed by atoms with Gasteiger partial charge in [0.25, 0.3) is 5.91 Å². The van der Waals surface area contributed by atoms with E-state index in [0.717, 1.165) is 15.3 Å². The highest BCUT2D eigenvalue weighted by atomic mass is 32.2. The largest absolute Gasteiger partial charge is 0.487 e. The Balaban J connectivity index is 1.67. The molecule has 1 N–H and O–H groups in total. The number of sulfone groups is 1. The summed E-state index contributed by atoms with van der Waals surface area (Å²) in [5, 5.41) is 1.08. The molecule has 3 aromatic carbocycles. The van der Waals surface area contributed by atoms with Gasteiger partial charge in [-0.15, -0.1) is 0 Å². The highest BCUT2D eigenvalue weighted by molar-refractivity contribution is 7.94. The molecule has 1 aliphatic heterocycles. The molecule has 1 fully saturated rings. The molecule has 0 atom stereocenters. The molecule has 1 heterocycles. The summed E-state index contributed by atoms with van der Waals surface area (Å²) in [7, 11) is -7.70. The van der Waals surface area contributed by atoms with Crippen LogP contribution in [0.1, 0.15) is 11.1 Å². The number of amides is 1. The molecule has 1 aliphatic rings. The van der Waals surface area contributed by atoms with Crippen LogP contribution in [-0.2, 0) is 31.4 Å². The van der Waals surface area contributed by atoms with Gasteiger partial charge in [0, 0.05) is 5.41 Å². The summed E-state index contributed by atoms with van der Waals surface area (Å²) in [4.78, 5) is 11.9. The Kier molecular flexibility index (Phi) is 6.21. The second-order valence-electron chi connectivity index (χ2n) is 7.20. The molecule has 33 heavy (non-hydrogen) atoms. The molecule has 4 rings (SSSR count). The van der Waals surface area contributed by atoms with Gasteiger partial charge in [0.1, 0.15) is 18.9 Å². The zero-order valence-corrected chi connectivity index (χ0v) is 18.9. The highest BCUT2D eigenvalue weighted by Crippen LogP contribution is 2.33. The Labute approximate surface area is 192 Å². The predicted octanol–water partition coefficient (Wildman–Crippen LogP) is 2.89. The van der Waals surface area contributed by atoms with Crippen molar-refractivity contribution < 1.29 is 26.4 Å². The molecule has 170 valence electrons. The van der Waals surface area contributed by atoms with E-state index in [2.05, 4.69) is 0 Å². The molecule has 8 nitrogen and oxygen atoms in total. The molecule has 0 aliphatic carbocycles. The number of hydrogen-bond donors (Lipinski definition) is 1. The molecule has 3 aromatic rings. The van der Waals surface area contributed by atoms with Crippen molar-refractivity contribution in [2.24, 2.45) is 0 Å². The Morgan fingerprint density at radius 1 is 0.970 bits per heavy atom. The lowest BCUT2D eigenvalue weighted by Gasteiger charge is -2.19. The molecule has 0 bridgehead atoms. The van der Waals surface area contributed by atoms with Gasteiger partial charge in [-0.2, -0.15) is 8.42 Å². The second kappa shape index (κ2) is 9.08. The van der Waals surface area contributed by atoms with Crippen LogP contribution in [0.25, 0.3) is 6.08 Å². The van der Waals surface area contributed by atoms with Gasteiger partial charge in [-0.3, -0.25) is 4.79 Å². The molecule has 0 spiro atoms. The predicted molar refractivity (Wildman–Crippen MR) is 124 cm³/mol. The SMILES string of the molecule is O=C1CN(c2ccc(C=CS(=O)(=O)c3ccccc3)cc2OCc2ccccc2)S(=O)(=O)N1. The van der Waals surface area contributed by atoms with Gasteiger partial charge in [-0.05, 0) is 41.5 Å². The molecule has 1 saturated heterocycles. The number of anilines is 1. The van der Waals surface area contributed by atoms with Gasteiger partial charge in [0.2, 0.25) is 0 Å². The summed E-state index contributed by atoms with van der Waals surface area (Å²) in [5.74, 6) is -0.458. The number of hydrogen-bond acceptors (Lipinski definition) is 6. The van der Waals surface area contributed by atoms with Gasteiger partial charge < -0.3 is 4.74 Å². The summed E-state index contributed by atoms with van der Waals surface area (Å²) < 4.78 is 58.5. The van der Waals surface area contributed by atoms with E-state index in [1.54, 1.807) is 24.3 Å². The van der Waals surface area contributed by atoms with Crippen LogP contribution in [0.4, 0.5) is 5.69 Å². The van der Waals surface area contributed by atoms with Crippen molar-refractivity contribution in [3.05, 3.63) is 95.4 Å². The first-order valence-electron chi connectivity index (χ1n) is 9.87. The zero-order valence-electron chi connectivity index (χ0n) is 17.3. The quantitative estimate of drug-likeness (QED) is 0.552. The lowest BCUT2D eigenvalue weighted by atomic mass is 10.2. The first-order chi connectivity index (χ1) is 15.7. The molecular weight excluding hydrogens is 464 g/mol. The Morgan fingerprint density at radius 3 is 2.27 bits per heavy atom. The fourth-order valence-corrected chi connectivity index (χ4v) is 5.40. The van der Waals surface area contributed by atoms with Gasteiger partial charge in [-0.1, -0.05) is 54.6 Å². The van der Waals surface area contributed by atoms with Crippen LogP contribution >= 0.6 is 0 Å². The minimum Gasteiger partial charge on any atom is -0.487 e. The Hall–Kier alpha value is -3.63. The van der Waals surface area contributed by atoms with E-state index in [1.807, 2.05) is 35.1 Å². The maximum absolute atomic E-state index is 12.5. The van der Waals surface area contributed by atoms with Gasteiger partial charge in [-0.25, -0.2) is 17.4 Å². The van der Waals surface area contributed by atoms with Crippen LogP contribution in [0.3, 0.4) is 0 Å². The van der Waals surface area contributed by atoms with E-state index in [-0.39, 0.29) is 29.5 Å². The lowest BCUT2D eigenvalue weighted by molar-refractivity contribution is -0.117. The monoisotopic (exact) mass is 484 g/mol. The highest BCUT2D eigenvalue weighted by Gasteiger charge is 2.35. The average Bonchev–Trinajstić information content (AvgIpc) is 3.09. The summed E-state index contributed by atoms with van der Waals surface area (Å²) >= 11 is 0. The van der Waals surface area contributed by atoms with Crippen LogP contribution in [0.5, 0.6) is 5.75 Å². The van der Waals surface area contributed by atoms with E-state index >= 15 is 0 Å². The van der Waals surface area contributed by atoms with Crippen molar-refractivity contribution in [1.29, 1.82) is 0 Å². The third kappa shape index (κ3) is 5.24. The van der Waals surface area contributed by atoms with Crippen molar-refractivity contribution in [3.8, 4) is 5.75 Å². The maximum atomic E-state index is 12.5. The van der Waals surface area contributed by atoms with E-state index < -0.39 is 26.0 Å². The van der Waals surface area contributed by atoms with Crippen LogP contribution in [0.2, 0.25) is 0 Å². The number of carbonyl (C=O) groups is 1. The number of carbonyl (C=O) groups excluding carboxylic acids is 1. The van der Waals surface area contributed by atoms with Crippen LogP contribution in [0, 0.1) is 0 Å². The normalized spacial score (nSPS) is 15.5. The Bertz CT molecular complexity index is 1400. The molecular formula is C23H20N2O6S2. The van der Waals surface area contributed by atoms with E-state index in [0.29, 0.717) is 5.56 Å². The van der Waals surface area contributed by atoms with E-state index in [9.17, 15) is 21.6 Å². The van der Waals surface area contributed by atoms with Crippen molar-refractivity contribution in [3.63, 3.8) is 0 Å². The molecule has 1 amide bonds. The maximum Gasteiger partial charge on any atom is 0.326 e. The smallest absolute Gasteiger partial charge is 0.326 e. The van der Waals surface area contributed by atoms with Crippen molar-refractivity contribution in [2.45, 2.75) is 11.5 Å². The van der Waals surface area contributed by atoms with Crippen LogP contribution in [0.15, 0.2) is 89.2 Å². The zero-order chi connectivity index (χ0) is 23.5. The van der Waals surface area contributed by atoms with Gasteiger partial charge >= 0.3 is 10.2 Å². The van der Waals surface area contributed by atoms with Crippen LogP contribution in [-0.4, -0.2) is 29.3 Å². The number of rotatable bonds is 7. The number of nitrogens with one attached hydrogen (secondary N) is 1. The standard InChI is InChI=1S/C23H20N2O6S2/c26-23-16-25(33(29,30)24-23)21-12-11-18(13-14-32(27,28)20-9-5-2-6-10-20)15-22(21)31-17-19-7-3-1-4-8-19/h1-15H,16-17H2,(H,24,26). The fourth-order valence-electron chi connectivity index (χ4n) is 3.21. The summed E-state index contributed by atoms with van der Waals surface area (Å²) in [6.45, 7) is -0.222. The third-order valence-corrected chi connectivity index (χ3v) is 7.64.